The SMILES string of the molecule is CCC(=CCN(CC(C)C)C1CC1)C(=O)O. The van der Waals surface area contributed by atoms with Crippen molar-refractivity contribution in [2.75, 3.05) is 13.1 Å². The van der Waals surface area contributed by atoms with E-state index in [1.54, 1.807) is 0 Å². The molecule has 0 aromatic heterocycles. The Morgan fingerprint density at radius 2 is 2.12 bits per heavy atom. The second-order valence-corrected chi connectivity index (χ2v) is 4.97. The maximum absolute atomic E-state index is 10.9. The van der Waals surface area contributed by atoms with Crippen molar-refractivity contribution < 1.29 is 9.90 Å². The van der Waals surface area contributed by atoms with Crippen LogP contribution in [0.1, 0.15) is 40.0 Å². The Kier molecular flexibility index (Phi) is 5.00. The van der Waals surface area contributed by atoms with Crippen molar-refractivity contribution in [1.82, 2.24) is 4.90 Å². The maximum Gasteiger partial charge on any atom is 0.331 e. The second kappa shape index (κ2) is 6.04. The van der Waals surface area contributed by atoms with Crippen molar-refractivity contribution in [3.8, 4) is 0 Å². The van der Waals surface area contributed by atoms with Gasteiger partial charge in [-0.05, 0) is 25.2 Å². The topological polar surface area (TPSA) is 40.5 Å². The van der Waals surface area contributed by atoms with Gasteiger partial charge in [0.05, 0.1) is 0 Å². The molecule has 0 radical (unpaired) electrons. The van der Waals surface area contributed by atoms with Gasteiger partial charge in [-0.25, -0.2) is 4.79 Å². The van der Waals surface area contributed by atoms with Crippen LogP contribution in [0.3, 0.4) is 0 Å². The van der Waals surface area contributed by atoms with Crippen LogP contribution in [0.4, 0.5) is 0 Å². The highest BCUT2D eigenvalue weighted by Crippen LogP contribution is 2.27. The normalized spacial score (nSPS) is 17.2. The molecule has 0 aromatic rings. The lowest BCUT2D eigenvalue weighted by atomic mass is 10.1. The van der Waals surface area contributed by atoms with Gasteiger partial charge in [-0.1, -0.05) is 26.8 Å². The number of carboxylic acid groups (broad SMARTS) is 1. The monoisotopic (exact) mass is 225 g/mol. The van der Waals surface area contributed by atoms with E-state index in [1.165, 1.54) is 12.8 Å². The molecule has 3 nitrogen and oxygen atoms in total. The highest BCUT2D eigenvalue weighted by Gasteiger charge is 2.28. The van der Waals surface area contributed by atoms with Crippen molar-refractivity contribution in [3.63, 3.8) is 0 Å². The third kappa shape index (κ3) is 4.35. The van der Waals surface area contributed by atoms with Crippen LogP contribution < -0.4 is 0 Å². The summed E-state index contributed by atoms with van der Waals surface area (Å²) in [4.78, 5) is 13.3. The third-order valence-corrected chi connectivity index (χ3v) is 2.89. The van der Waals surface area contributed by atoms with Gasteiger partial charge >= 0.3 is 5.97 Å². The predicted octanol–water partition coefficient (Wildman–Crippen LogP) is 2.53. The van der Waals surface area contributed by atoms with E-state index in [-0.39, 0.29) is 0 Å². The van der Waals surface area contributed by atoms with E-state index in [0.717, 1.165) is 13.1 Å². The summed E-state index contributed by atoms with van der Waals surface area (Å²) in [5, 5.41) is 8.94. The van der Waals surface area contributed by atoms with Crippen molar-refractivity contribution in [1.29, 1.82) is 0 Å². The molecular weight excluding hydrogens is 202 g/mol. The van der Waals surface area contributed by atoms with Gasteiger partial charge < -0.3 is 5.11 Å². The van der Waals surface area contributed by atoms with Gasteiger partial charge in [-0.3, -0.25) is 4.90 Å². The van der Waals surface area contributed by atoms with Gasteiger partial charge in [0, 0.05) is 24.7 Å². The Balaban J connectivity index is 2.50. The predicted molar refractivity (Wildman–Crippen MR) is 65.4 cm³/mol. The maximum atomic E-state index is 10.9. The second-order valence-electron chi connectivity index (χ2n) is 4.97. The number of nitrogens with zero attached hydrogens (tertiary/aromatic N) is 1. The Morgan fingerprint density at radius 3 is 2.50 bits per heavy atom. The highest BCUT2D eigenvalue weighted by atomic mass is 16.4. The summed E-state index contributed by atoms with van der Waals surface area (Å²) < 4.78 is 0. The molecule has 0 atom stereocenters. The minimum Gasteiger partial charge on any atom is -0.478 e. The molecule has 92 valence electrons. The molecule has 1 rings (SSSR count). The Bertz CT molecular complexity index is 267. The number of carbonyl (C=O) groups is 1. The molecule has 1 N–H and O–H groups in total. The quantitative estimate of drug-likeness (QED) is 0.677. The zero-order valence-corrected chi connectivity index (χ0v) is 10.6. The summed E-state index contributed by atoms with van der Waals surface area (Å²) in [7, 11) is 0. The van der Waals surface area contributed by atoms with Crippen molar-refractivity contribution in [2.24, 2.45) is 5.92 Å². The molecule has 3 heteroatoms. The number of carboxylic acids is 1. The van der Waals surface area contributed by atoms with Crippen LogP contribution in [0.25, 0.3) is 0 Å². The van der Waals surface area contributed by atoms with Crippen LogP contribution in [0, 0.1) is 5.92 Å². The lowest BCUT2D eigenvalue weighted by molar-refractivity contribution is -0.132. The van der Waals surface area contributed by atoms with Gasteiger partial charge in [0.25, 0.3) is 0 Å². The van der Waals surface area contributed by atoms with Crippen LogP contribution >= 0.6 is 0 Å². The average Bonchev–Trinajstić information content (AvgIpc) is 2.98. The first-order valence-corrected chi connectivity index (χ1v) is 6.21. The van der Waals surface area contributed by atoms with Gasteiger partial charge in [0.15, 0.2) is 0 Å². The van der Waals surface area contributed by atoms with Crippen molar-refractivity contribution in [2.45, 2.75) is 46.1 Å². The minimum atomic E-state index is -0.775. The molecule has 16 heavy (non-hydrogen) atoms. The Labute approximate surface area is 98.1 Å². The van der Waals surface area contributed by atoms with Crippen LogP contribution in [-0.4, -0.2) is 35.1 Å². The molecule has 1 aliphatic carbocycles. The Hall–Kier alpha value is -0.830. The summed E-state index contributed by atoms with van der Waals surface area (Å²) in [6.07, 6.45) is 5.03. The molecule has 1 fully saturated rings. The molecule has 0 aliphatic heterocycles. The smallest absolute Gasteiger partial charge is 0.331 e. The number of hydrogen-bond acceptors (Lipinski definition) is 2. The molecule has 0 spiro atoms. The van der Waals surface area contributed by atoms with E-state index in [9.17, 15) is 4.79 Å². The summed E-state index contributed by atoms with van der Waals surface area (Å²) >= 11 is 0. The summed E-state index contributed by atoms with van der Waals surface area (Å²) in [5.41, 5.74) is 0.536. The van der Waals surface area contributed by atoms with E-state index in [1.807, 2.05) is 13.0 Å². The van der Waals surface area contributed by atoms with Gasteiger partial charge in [0.1, 0.15) is 0 Å². The lowest BCUT2D eigenvalue weighted by Gasteiger charge is -2.22. The first-order chi connectivity index (χ1) is 7.54. The van der Waals surface area contributed by atoms with Crippen molar-refractivity contribution in [3.05, 3.63) is 11.6 Å². The largest absolute Gasteiger partial charge is 0.478 e. The Morgan fingerprint density at radius 1 is 1.50 bits per heavy atom. The van der Waals surface area contributed by atoms with Crippen LogP contribution in [0.2, 0.25) is 0 Å². The fraction of sp³-hybridized carbons (Fsp3) is 0.769. The van der Waals surface area contributed by atoms with Crippen molar-refractivity contribution >= 4 is 5.97 Å². The first kappa shape index (κ1) is 13.2. The molecule has 1 aliphatic rings. The fourth-order valence-electron chi connectivity index (χ4n) is 1.89. The number of rotatable bonds is 7. The minimum absolute atomic E-state index is 0.536. The summed E-state index contributed by atoms with van der Waals surface area (Å²) in [5.74, 6) is -0.133. The highest BCUT2D eigenvalue weighted by molar-refractivity contribution is 5.86. The number of hydrogen-bond donors (Lipinski definition) is 1. The molecule has 0 saturated heterocycles. The van der Waals surface area contributed by atoms with E-state index in [4.69, 9.17) is 5.11 Å². The molecule has 0 bridgehead atoms. The van der Waals surface area contributed by atoms with E-state index >= 15 is 0 Å². The molecule has 0 aromatic carbocycles. The average molecular weight is 225 g/mol. The van der Waals surface area contributed by atoms with Gasteiger partial charge in [0.2, 0.25) is 0 Å². The van der Waals surface area contributed by atoms with Crippen LogP contribution in [-0.2, 0) is 4.79 Å². The van der Waals surface area contributed by atoms with Gasteiger partial charge in [-0.15, -0.1) is 0 Å². The van der Waals surface area contributed by atoms with Crippen LogP contribution in [0.5, 0.6) is 0 Å². The van der Waals surface area contributed by atoms with Crippen LogP contribution in [0.15, 0.2) is 11.6 Å². The standard InChI is InChI=1S/C13H23NO2/c1-4-11(13(15)16)7-8-14(9-10(2)3)12-5-6-12/h7,10,12H,4-6,8-9H2,1-3H3,(H,15,16). The lowest BCUT2D eigenvalue weighted by Crippen LogP contribution is -2.30. The molecule has 1 saturated carbocycles. The molecular formula is C13H23NO2. The fourth-order valence-corrected chi connectivity index (χ4v) is 1.89. The zero-order valence-electron chi connectivity index (χ0n) is 10.6. The van der Waals surface area contributed by atoms with E-state index in [0.29, 0.717) is 24.0 Å². The zero-order chi connectivity index (χ0) is 12.1. The number of aliphatic carboxylic acids is 1. The molecule has 0 heterocycles. The summed E-state index contributed by atoms with van der Waals surface area (Å²) in [6.45, 7) is 8.16. The van der Waals surface area contributed by atoms with Gasteiger partial charge in [-0.2, -0.15) is 0 Å². The van der Waals surface area contributed by atoms with E-state index < -0.39 is 5.97 Å². The molecule has 0 amide bonds. The van der Waals surface area contributed by atoms with E-state index in [2.05, 4.69) is 18.7 Å². The molecule has 0 unspecified atom stereocenters. The third-order valence-electron chi connectivity index (χ3n) is 2.89. The first-order valence-electron chi connectivity index (χ1n) is 6.21. The summed E-state index contributed by atoms with van der Waals surface area (Å²) in [6, 6.07) is 0.700.